The van der Waals surface area contributed by atoms with E-state index in [0.717, 1.165) is 38.5 Å². The molecule has 5 heteroatoms. The summed E-state index contributed by atoms with van der Waals surface area (Å²) in [6, 6.07) is 5.93. The Labute approximate surface area is 157 Å². The average molecular weight is 376 g/mol. The Morgan fingerprint density at radius 3 is 2.65 bits per heavy atom. The molecule has 0 radical (unpaired) electrons. The Bertz CT molecular complexity index is 817. The number of carbonyl (C=O) groups excluding carboxylic acids is 1. The lowest BCUT2D eigenvalue weighted by atomic mass is 9.55. The first kappa shape index (κ1) is 19.2. The van der Waals surface area contributed by atoms with Gasteiger partial charge in [-0.25, -0.2) is 9.35 Å². The molecular formula is C21H29NO3S. The van der Waals surface area contributed by atoms with Crippen molar-refractivity contribution >= 4 is 21.6 Å². The summed E-state index contributed by atoms with van der Waals surface area (Å²) in [4.78, 5) is 12.4. The fourth-order valence-electron chi connectivity index (χ4n) is 5.54. The Morgan fingerprint density at radius 2 is 1.96 bits per heavy atom. The molecule has 142 valence electrons. The Hall–Kier alpha value is -1.59. The van der Waals surface area contributed by atoms with E-state index in [1.165, 1.54) is 11.1 Å². The summed E-state index contributed by atoms with van der Waals surface area (Å²) in [6.07, 6.45) is 6.01. The van der Waals surface area contributed by atoms with E-state index in [2.05, 4.69) is 32.0 Å². The second-order valence-electron chi connectivity index (χ2n) is 7.94. The first-order valence-corrected chi connectivity index (χ1v) is 11.0. The minimum absolute atomic E-state index is 0.0827. The molecule has 4 nitrogen and oxygen atoms in total. The summed E-state index contributed by atoms with van der Waals surface area (Å²) in [5.74, 6) is 6.05. The molecule has 5 atom stereocenters. The summed E-state index contributed by atoms with van der Waals surface area (Å²) < 4.78 is 16.8. The number of hydrogen-bond acceptors (Lipinski definition) is 3. The predicted molar refractivity (Wildman–Crippen MR) is 107 cm³/mol. The Morgan fingerprint density at radius 1 is 1.23 bits per heavy atom. The lowest BCUT2D eigenvalue weighted by Gasteiger charge is -2.48. The number of Topliss-reactive ketones (excluding diaryl/α,β-unsaturated/α-hetero) is 1. The smallest absolute Gasteiger partial charge is 0.180 e. The molecule has 0 saturated heterocycles. The van der Waals surface area contributed by atoms with Crippen LogP contribution in [0.1, 0.15) is 56.1 Å². The monoisotopic (exact) mass is 375 g/mol. The van der Waals surface area contributed by atoms with Crippen LogP contribution in [0.3, 0.4) is 0 Å². The summed E-state index contributed by atoms with van der Waals surface area (Å²) in [5, 5.41) is 5.40. The highest BCUT2D eigenvalue weighted by molar-refractivity contribution is 7.94. The number of fused-ring (bicyclic) bond motifs is 5. The van der Waals surface area contributed by atoms with Gasteiger partial charge in [0, 0.05) is 17.7 Å². The molecule has 0 amide bonds. The highest BCUT2D eigenvalue weighted by atomic mass is 32.2. The lowest BCUT2D eigenvalue weighted by Crippen LogP contribution is -2.42. The average Bonchev–Trinajstić information content (AvgIpc) is 2.90. The Kier molecular flexibility index (Phi) is 5.06. The number of ketones is 1. The van der Waals surface area contributed by atoms with Gasteiger partial charge in [-0.05, 0) is 73.1 Å². The quantitative estimate of drug-likeness (QED) is 0.631. The van der Waals surface area contributed by atoms with Gasteiger partial charge in [0.05, 0.1) is 0 Å². The van der Waals surface area contributed by atoms with Gasteiger partial charge in [0.2, 0.25) is 0 Å². The molecule has 0 aromatic heterocycles. The molecule has 0 bridgehead atoms. The summed E-state index contributed by atoms with van der Waals surface area (Å²) >= 11 is 0. The van der Waals surface area contributed by atoms with Gasteiger partial charge in [0.15, 0.2) is 9.99 Å². The van der Waals surface area contributed by atoms with Crippen molar-refractivity contribution in [3.8, 4) is 5.75 Å². The fourth-order valence-corrected chi connectivity index (χ4v) is 5.97. The fraction of sp³-hybridized carbons (Fsp3) is 0.524. The molecule has 0 heterocycles. The van der Waals surface area contributed by atoms with Crippen molar-refractivity contribution in [2.45, 2.75) is 51.4 Å². The largest absolute Gasteiger partial charge is 0.398 e. The van der Waals surface area contributed by atoms with E-state index in [-0.39, 0.29) is 5.41 Å². The molecule has 2 N–H and O–H groups in total. The number of carbonyl (C=O) groups is 1. The topological polar surface area (TPSA) is 69.4 Å². The maximum Gasteiger partial charge on any atom is 0.180 e. The van der Waals surface area contributed by atoms with Gasteiger partial charge in [0.25, 0.3) is 0 Å². The summed E-state index contributed by atoms with van der Waals surface area (Å²) in [5.41, 5.74) is 2.57. The van der Waals surface area contributed by atoms with Gasteiger partial charge in [-0.1, -0.05) is 13.0 Å². The number of benzene rings is 1. The van der Waals surface area contributed by atoms with E-state index in [1.54, 1.807) is 0 Å². The van der Waals surface area contributed by atoms with Gasteiger partial charge in [-0.3, -0.25) is 4.79 Å². The molecule has 2 fully saturated rings. The molecule has 3 aliphatic rings. The zero-order chi connectivity index (χ0) is 19.1. The number of rotatable bonds is 2. The van der Waals surface area contributed by atoms with Crippen LogP contribution in [0, 0.1) is 17.3 Å². The molecule has 3 aliphatic carbocycles. The number of aryl methyl sites for hydroxylation is 1. The highest BCUT2D eigenvalue weighted by Crippen LogP contribution is 2.59. The standard InChI is InChI=1S/C19H25NO3S.C2H4/c1-19-10-9-15-14-6-4-13(23-24(2,20)22)11-12(14)3-5-16(15)17(19)7-8-18(19)21;1-2/h4,6,11,15-17H,2-3,5,7-10H2,1H3,(H2,20,22);1-2H2. The zero-order valence-electron chi connectivity index (χ0n) is 15.5. The molecule has 0 spiro atoms. The molecule has 2 saturated carbocycles. The van der Waals surface area contributed by atoms with Gasteiger partial charge in [-0.15, -0.1) is 13.2 Å². The Balaban J connectivity index is 0.000000948. The van der Waals surface area contributed by atoms with Crippen LogP contribution in [-0.2, 0) is 21.2 Å². The van der Waals surface area contributed by atoms with Crippen molar-refractivity contribution in [3.05, 3.63) is 42.5 Å². The van der Waals surface area contributed by atoms with Crippen molar-refractivity contribution in [1.29, 1.82) is 0 Å². The molecular weight excluding hydrogens is 346 g/mol. The molecule has 4 rings (SSSR count). The van der Waals surface area contributed by atoms with Crippen molar-refractivity contribution in [1.82, 2.24) is 0 Å². The van der Waals surface area contributed by atoms with Gasteiger partial charge < -0.3 is 4.18 Å². The summed E-state index contributed by atoms with van der Waals surface area (Å²) in [7, 11) is -2.99. The maximum atomic E-state index is 12.4. The van der Waals surface area contributed by atoms with Crippen LogP contribution in [0.2, 0.25) is 0 Å². The lowest BCUT2D eigenvalue weighted by molar-refractivity contribution is -0.129. The van der Waals surface area contributed by atoms with E-state index in [4.69, 9.17) is 9.32 Å². The van der Waals surface area contributed by atoms with Crippen LogP contribution in [0.5, 0.6) is 5.75 Å². The second kappa shape index (κ2) is 6.86. The molecule has 0 aliphatic heterocycles. The van der Waals surface area contributed by atoms with Gasteiger partial charge in [-0.2, -0.15) is 0 Å². The van der Waals surface area contributed by atoms with E-state index >= 15 is 0 Å². The maximum absolute atomic E-state index is 12.4. The van der Waals surface area contributed by atoms with Crippen molar-refractivity contribution in [2.75, 3.05) is 0 Å². The predicted octanol–water partition coefficient (Wildman–Crippen LogP) is 3.80. The van der Waals surface area contributed by atoms with Crippen molar-refractivity contribution in [2.24, 2.45) is 22.4 Å². The van der Waals surface area contributed by atoms with Crippen LogP contribution in [-0.4, -0.2) is 15.9 Å². The third-order valence-electron chi connectivity index (χ3n) is 6.64. The van der Waals surface area contributed by atoms with Crippen molar-refractivity contribution in [3.63, 3.8) is 0 Å². The van der Waals surface area contributed by atoms with Crippen LogP contribution in [0.25, 0.3) is 0 Å². The summed E-state index contributed by atoms with van der Waals surface area (Å²) in [6.45, 7) is 8.20. The van der Waals surface area contributed by atoms with Crippen LogP contribution < -0.4 is 9.32 Å². The molecule has 5 unspecified atom stereocenters. The van der Waals surface area contributed by atoms with Crippen molar-refractivity contribution < 1.29 is 13.2 Å². The molecule has 1 aromatic carbocycles. The van der Waals surface area contributed by atoms with Gasteiger partial charge in [0.1, 0.15) is 11.5 Å². The minimum Gasteiger partial charge on any atom is -0.398 e. The SMILES string of the molecule is C=C.C=S(N)(=O)Oc1ccc2c(c1)CCC1C2CCC2(C)C(=O)CCC12. The van der Waals surface area contributed by atoms with Crippen LogP contribution in [0.4, 0.5) is 0 Å². The minimum atomic E-state index is -2.99. The first-order valence-electron chi connectivity index (χ1n) is 9.28. The normalized spacial score (nSPS) is 34.4. The van der Waals surface area contributed by atoms with Crippen LogP contribution in [0.15, 0.2) is 31.4 Å². The number of hydrogen-bond donors (Lipinski definition) is 1. The molecule has 1 aromatic rings. The zero-order valence-corrected chi connectivity index (χ0v) is 16.4. The van der Waals surface area contributed by atoms with Crippen LogP contribution >= 0.6 is 0 Å². The van der Waals surface area contributed by atoms with Gasteiger partial charge >= 0.3 is 0 Å². The van der Waals surface area contributed by atoms with E-state index in [9.17, 15) is 9.00 Å². The second-order valence-corrected chi connectivity index (χ2v) is 9.43. The first-order chi connectivity index (χ1) is 12.3. The highest BCUT2D eigenvalue weighted by Gasteiger charge is 2.54. The third-order valence-corrected chi connectivity index (χ3v) is 7.12. The van der Waals surface area contributed by atoms with E-state index < -0.39 is 9.99 Å². The van der Waals surface area contributed by atoms with E-state index in [0.29, 0.717) is 29.3 Å². The molecule has 26 heavy (non-hydrogen) atoms. The van der Waals surface area contributed by atoms with E-state index in [1.807, 2.05) is 12.1 Å². The third kappa shape index (κ3) is 3.23. The number of nitrogens with two attached hydrogens (primary N) is 1.